The second kappa shape index (κ2) is 6.37. The lowest BCUT2D eigenvalue weighted by molar-refractivity contribution is 0.100. The molecule has 0 aliphatic rings. The maximum absolute atomic E-state index is 12.1. The third kappa shape index (κ3) is 3.41. The van der Waals surface area contributed by atoms with Gasteiger partial charge < -0.3 is 11.1 Å². The smallest absolute Gasteiger partial charge is 0.265 e. The van der Waals surface area contributed by atoms with Crippen LogP contribution >= 0.6 is 11.3 Å². The molecule has 0 saturated carbocycles. The number of thiophene rings is 1. The van der Waals surface area contributed by atoms with Crippen molar-refractivity contribution >= 4 is 28.8 Å². The number of nitrogens with two attached hydrogens (primary N) is 1. The molecule has 2 amide bonds. The van der Waals surface area contributed by atoms with Gasteiger partial charge >= 0.3 is 0 Å². The molecular formula is C16H12N4O2S. The Morgan fingerprint density at radius 3 is 2.35 bits per heavy atom. The van der Waals surface area contributed by atoms with E-state index in [9.17, 15) is 9.59 Å². The van der Waals surface area contributed by atoms with Crippen molar-refractivity contribution in [3.05, 3.63) is 64.9 Å². The van der Waals surface area contributed by atoms with Crippen LogP contribution in [0, 0.1) is 0 Å². The van der Waals surface area contributed by atoms with E-state index in [4.69, 9.17) is 5.73 Å². The van der Waals surface area contributed by atoms with Gasteiger partial charge in [0.05, 0.1) is 10.4 Å². The fourth-order valence-corrected chi connectivity index (χ4v) is 2.76. The van der Waals surface area contributed by atoms with E-state index in [-0.39, 0.29) is 5.91 Å². The molecule has 0 atom stereocenters. The molecule has 3 rings (SSSR count). The number of carbonyl (C=O) groups excluding carboxylic acids is 2. The molecule has 0 unspecified atom stereocenters. The molecule has 0 spiro atoms. The minimum atomic E-state index is -0.547. The van der Waals surface area contributed by atoms with Crippen molar-refractivity contribution in [1.29, 1.82) is 0 Å². The SMILES string of the molecule is NC(=O)c1csc(C(=O)Nc2ccc(-c3cncnc3)cc2)c1. The van der Waals surface area contributed by atoms with Crippen molar-refractivity contribution < 1.29 is 9.59 Å². The van der Waals surface area contributed by atoms with E-state index in [0.29, 0.717) is 16.1 Å². The summed E-state index contributed by atoms with van der Waals surface area (Å²) in [5.74, 6) is -0.826. The lowest BCUT2D eigenvalue weighted by atomic mass is 10.1. The van der Waals surface area contributed by atoms with Crippen molar-refractivity contribution in [2.24, 2.45) is 5.73 Å². The first-order valence-electron chi connectivity index (χ1n) is 6.68. The molecule has 0 fully saturated rings. The highest BCUT2D eigenvalue weighted by Gasteiger charge is 2.12. The minimum absolute atomic E-state index is 0.279. The second-order valence-electron chi connectivity index (χ2n) is 4.72. The Bertz CT molecular complexity index is 844. The zero-order valence-corrected chi connectivity index (χ0v) is 12.7. The van der Waals surface area contributed by atoms with Gasteiger partial charge in [0.1, 0.15) is 6.33 Å². The van der Waals surface area contributed by atoms with Crippen molar-refractivity contribution in [3.8, 4) is 11.1 Å². The van der Waals surface area contributed by atoms with Crippen molar-refractivity contribution in [2.75, 3.05) is 5.32 Å². The summed E-state index contributed by atoms with van der Waals surface area (Å²) in [6, 6.07) is 8.82. The summed E-state index contributed by atoms with van der Waals surface area (Å²) in [6.45, 7) is 0. The van der Waals surface area contributed by atoms with Gasteiger partial charge in [-0.05, 0) is 23.8 Å². The summed E-state index contributed by atoms with van der Waals surface area (Å²) >= 11 is 1.18. The standard InChI is InChI=1S/C16H12N4O2S/c17-15(21)11-5-14(23-8-11)16(22)20-13-3-1-10(2-4-13)12-6-18-9-19-7-12/h1-9H,(H2,17,21)(H,20,22). The number of nitrogens with one attached hydrogen (secondary N) is 1. The summed E-state index contributed by atoms with van der Waals surface area (Å²) in [6.07, 6.45) is 4.91. The van der Waals surface area contributed by atoms with Crippen molar-refractivity contribution in [1.82, 2.24) is 9.97 Å². The number of anilines is 1. The van der Waals surface area contributed by atoms with E-state index >= 15 is 0 Å². The highest BCUT2D eigenvalue weighted by atomic mass is 32.1. The molecule has 114 valence electrons. The van der Waals surface area contributed by atoms with Gasteiger partial charge in [-0.25, -0.2) is 9.97 Å². The second-order valence-corrected chi connectivity index (χ2v) is 5.63. The summed E-state index contributed by atoms with van der Waals surface area (Å²) in [7, 11) is 0. The van der Waals surface area contributed by atoms with E-state index in [1.54, 1.807) is 29.9 Å². The Morgan fingerprint density at radius 1 is 1.04 bits per heavy atom. The van der Waals surface area contributed by atoms with Crippen LogP contribution in [0.15, 0.2) is 54.4 Å². The third-order valence-electron chi connectivity index (χ3n) is 3.14. The van der Waals surface area contributed by atoms with Crippen LogP contribution in [0.1, 0.15) is 20.0 Å². The predicted molar refractivity (Wildman–Crippen MR) is 88.3 cm³/mol. The lowest BCUT2D eigenvalue weighted by Gasteiger charge is -2.05. The number of nitrogens with zero attached hydrogens (tertiary/aromatic N) is 2. The molecule has 23 heavy (non-hydrogen) atoms. The summed E-state index contributed by atoms with van der Waals surface area (Å²) in [5.41, 5.74) is 8.02. The average molecular weight is 324 g/mol. The maximum Gasteiger partial charge on any atom is 0.265 e. The van der Waals surface area contributed by atoms with Crippen LogP contribution < -0.4 is 11.1 Å². The Morgan fingerprint density at radius 2 is 1.74 bits per heavy atom. The Hall–Kier alpha value is -3.06. The number of benzene rings is 1. The number of rotatable bonds is 4. The fourth-order valence-electron chi connectivity index (χ4n) is 1.97. The molecule has 2 aromatic heterocycles. The lowest BCUT2D eigenvalue weighted by Crippen LogP contribution is -2.11. The molecular weight excluding hydrogens is 312 g/mol. The predicted octanol–water partition coefficient (Wildman–Crippen LogP) is 2.56. The number of hydrogen-bond acceptors (Lipinski definition) is 5. The monoisotopic (exact) mass is 324 g/mol. The highest BCUT2D eigenvalue weighted by Crippen LogP contribution is 2.21. The zero-order chi connectivity index (χ0) is 16.2. The van der Waals surface area contributed by atoms with Crippen LogP contribution in [0.2, 0.25) is 0 Å². The Kier molecular flexibility index (Phi) is 4.11. The van der Waals surface area contributed by atoms with Crippen molar-refractivity contribution in [3.63, 3.8) is 0 Å². The number of amides is 2. The van der Waals surface area contributed by atoms with Crippen LogP contribution in [-0.4, -0.2) is 21.8 Å². The van der Waals surface area contributed by atoms with Crippen LogP contribution in [0.3, 0.4) is 0 Å². The first-order valence-corrected chi connectivity index (χ1v) is 7.56. The van der Waals surface area contributed by atoms with Gasteiger partial charge in [-0.1, -0.05) is 12.1 Å². The van der Waals surface area contributed by atoms with Crippen LogP contribution in [0.5, 0.6) is 0 Å². The first-order chi connectivity index (χ1) is 11.1. The van der Waals surface area contributed by atoms with Gasteiger partial charge in [-0.2, -0.15) is 0 Å². The molecule has 0 radical (unpaired) electrons. The number of hydrogen-bond donors (Lipinski definition) is 2. The molecule has 1 aromatic carbocycles. The number of primary amides is 1. The molecule has 0 saturated heterocycles. The minimum Gasteiger partial charge on any atom is -0.366 e. The van der Waals surface area contributed by atoms with Gasteiger partial charge in [0.25, 0.3) is 5.91 Å². The molecule has 0 aliphatic carbocycles. The molecule has 3 aromatic rings. The topological polar surface area (TPSA) is 98.0 Å². The van der Waals surface area contributed by atoms with E-state index in [1.165, 1.54) is 23.7 Å². The largest absolute Gasteiger partial charge is 0.366 e. The number of carbonyl (C=O) groups is 2. The molecule has 2 heterocycles. The van der Waals surface area contributed by atoms with Gasteiger partial charge in [-0.15, -0.1) is 11.3 Å². The van der Waals surface area contributed by atoms with Gasteiger partial charge in [0.15, 0.2) is 0 Å². The summed E-state index contributed by atoms with van der Waals surface area (Å²) in [5, 5.41) is 4.34. The maximum atomic E-state index is 12.1. The number of aromatic nitrogens is 2. The average Bonchev–Trinajstić information content (AvgIpc) is 3.07. The molecule has 0 bridgehead atoms. The van der Waals surface area contributed by atoms with E-state index in [0.717, 1.165) is 11.1 Å². The van der Waals surface area contributed by atoms with Crippen LogP contribution in [0.25, 0.3) is 11.1 Å². The van der Waals surface area contributed by atoms with E-state index in [2.05, 4.69) is 15.3 Å². The molecule has 7 heteroatoms. The molecule has 6 nitrogen and oxygen atoms in total. The summed E-state index contributed by atoms with van der Waals surface area (Å²) < 4.78 is 0. The van der Waals surface area contributed by atoms with Gasteiger partial charge in [0.2, 0.25) is 5.91 Å². The van der Waals surface area contributed by atoms with Crippen LogP contribution in [-0.2, 0) is 0 Å². The molecule has 3 N–H and O–H groups in total. The van der Waals surface area contributed by atoms with E-state index in [1.807, 2.05) is 12.1 Å². The highest BCUT2D eigenvalue weighted by molar-refractivity contribution is 7.12. The Balaban J connectivity index is 1.72. The van der Waals surface area contributed by atoms with Gasteiger partial charge in [-0.3, -0.25) is 9.59 Å². The van der Waals surface area contributed by atoms with Crippen LogP contribution in [0.4, 0.5) is 5.69 Å². The third-order valence-corrected chi connectivity index (χ3v) is 4.07. The first kappa shape index (κ1) is 14.9. The zero-order valence-electron chi connectivity index (χ0n) is 11.9. The quantitative estimate of drug-likeness (QED) is 0.770. The van der Waals surface area contributed by atoms with Crippen molar-refractivity contribution in [2.45, 2.75) is 0 Å². The molecule has 0 aliphatic heterocycles. The van der Waals surface area contributed by atoms with E-state index < -0.39 is 5.91 Å². The fraction of sp³-hybridized carbons (Fsp3) is 0. The van der Waals surface area contributed by atoms with Gasteiger partial charge in [0, 0.05) is 29.0 Å². The summed E-state index contributed by atoms with van der Waals surface area (Å²) in [4.78, 5) is 31.6. The Labute approximate surface area is 136 Å². The normalized spacial score (nSPS) is 10.3.